The van der Waals surface area contributed by atoms with Crippen LogP contribution in [0, 0.1) is 11.8 Å². The minimum Gasteiger partial charge on any atom is -0.396 e. The van der Waals surface area contributed by atoms with Gasteiger partial charge in [-0.15, -0.1) is 0 Å². The van der Waals surface area contributed by atoms with Crippen LogP contribution >= 0.6 is 0 Å². The minimum atomic E-state index is 0.0530. The van der Waals surface area contributed by atoms with Crippen molar-refractivity contribution in [3.8, 4) is 0 Å². The highest BCUT2D eigenvalue weighted by Gasteiger charge is 2.25. The lowest BCUT2D eigenvalue weighted by Crippen LogP contribution is -2.44. The van der Waals surface area contributed by atoms with E-state index in [1.54, 1.807) is 0 Å². The van der Waals surface area contributed by atoms with Gasteiger partial charge in [-0.3, -0.25) is 9.69 Å². The standard InChI is InChI=1S/C20H32N2O2/c1-15(2)20(17-7-5-4-6-8-17)21-19(24)13-22(3)18-11-9-16(14-23)10-12-18/h4-8,15-16,18,20,23H,9-14H2,1-3H3,(H,21,24). The van der Waals surface area contributed by atoms with Crippen molar-refractivity contribution in [2.75, 3.05) is 20.2 Å². The highest BCUT2D eigenvalue weighted by Crippen LogP contribution is 2.26. The molecule has 1 aliphatic rings. The fourth-order valence-corrected chi connectivity index (χ4v) is 3.64. The Morgan fingerprint density at radius 2 is 1.83 bits per heavy atom. The number of hydrogen-bond donors (Lipinski definition) is 2. The van der Waals surface area contributed by atoms with E-state index in [9.17, 15) is 9.90 Å². The third kappa shape index (κ3) is 5.32. The van der Waals surface area contributed by atoms with Gasteiger partial charge >= 0.3 is 0 Å². The van der Waals surface area contributed by atoms with E-state index in [4.69, 9.17) is 0 Å². The van der Waals surface area contributed by atoms with Crippen molar-refractivity contribution in [1.82, 2.24) is 10.2 Å². The molecule has 1 unspecified atom stereocenters. The van der Waals surface area contributed by atoms with Crippen molar-refractivity contribution in [1.29, 1.82) is 0 Å². The van der Waals surface area contributed by atoms with Crippen LogP contribution in [0.3, 0.4) is 0 Å². The number of amides is 1. The first kappa shape index (κ1) is 18.9. The van der Waals surface area contributed by atoms with Gasteiger partial charge in [0, 0.05) is 12.6 Å². The number of rotatable bonds is 7. The molecule has 134 valence electrons. The summed E-state index contributed by atoms with van der Waals surface area (Å²) in [6, 6.07) is 10.7. The summed E-state index contributed by atoms with van der Waals surface area (Å²) >= 11 is 0. The number of benzene rings is 1. The molecular formula is C20H32N2O2. The highest BCUT2D eigenvalue weighted by molar-refractivity contribution is 5.78. The molecular weight excluding hydrogens is 300 g/mol. The zero-order valence-corrected chi connectivity index (χ0v) is 15.2. The van der Waals surface area contributed by atoms with Gasteiger partial charge in [-0.05, 0) is 50.1 Å². The van der Waals surface area contributed by atoms with E-state index in [0.29, 0.717) is 31.0 Å². The Morgan fingerprint density at radius 3 is 2.38 bits per heavy atom. The van der Waals surface area contributed by atoms with Gasteiger partial charge in [-0.1, -0.05) is 44.2 Å². The number of carbonyl (C=O) groups is 1. The maximum Gasteiger partial charge on any atom is 0.234 e. The van der Waals surface area contributed by atoms with Crippen LogP contribution in [0.5, 0.6) is 0 Å². The van der Waals surface area contributed by atoms with E-state index in [-0.39, 0.29) is 11.9 Å². The van der Waals surface area contributed by atoms with Gasteiger partial charge in [0.15, 0.2) is 0 Å². The van der Waals surface area contributed by atoms with Crippen LogP contribution in [0.4, 0.5) is 0 Å². The normalized spacial score (nSPS) is 22.6. The van der Waals surface area contributed by atoms with Crippen LogP contribution in [-0.2, 0) is 4.79 Å². The maximum absolute atomic E-state index is 12.5. The summed E-state index contributed by atoms with van der Waals surface area (Å²) in [5.41, 5.74) is 1.16. The van der Waals surface area contributed by atoms with E-state index >= 15 is 0 Å². The molecule has 2 rings (SSSR count). The first-order valence-corrected chi connectivity index (χ1v) is 9.16. The second kappa shape index (κ2) is 9.19. The summed E-state index contributed by atoms with van der Waals surface area (Å²) in [4.78, 5) is 14.7. The summed E-state index contributed by atoms with van der Waals surface area (Å²) in [7, 11) is 2.04. The molecule has 1 atom stereocenters. The Bertz CT molecular complexity index is 496. The molecule has 1 aromatic rings. The molecule has 1 fully saturated rings. The molecule has 0 radical (unpaired) electrons. The quantitative estimate of drug-likeness (QED) is 0.807. The van der Waals surface area contributed by atoms with E-state index in [0.717, 1.165) is 31.2 Å². The molecule has 4 heteroatoms. The second-order valence-corrected chi connectivity index (χ2v) is 7.47. The molecule has 0 spiro atoms. The monoisotopic (exact) mass is 332 g/mol. The summed E-state index contributed by atoms with van der Waals surface area (Å²) in [6.45, 7) is 5.00. The van der Waals surface area contributed by atoms with Crippen molar-refractivity contribution < 1.29 is 9.90 Å². The molecule has 1 aliphatic carbocycles. The number of aliphatic hydroxyl groups excluding tert-OH is 1. The predicted molar refractivity (Wildman–Crippen MR) is 97.6 cm³/mol. The average Bonchev–Trinajstić information content (AvgIpc) is 2.60. The van der Waals surface area contributed by atoms with Crippen LogP contribution in [0.25, 0.3) is 0 Å². The highest BCUT2D eigenvalue weighted by atomic mass is 16.3. The van der Waals surface area contributed by atoms with Crippen molar-refractivity contribution in [2.45, 2.75) is 51.6 Å². The first-order chi connectivity index (χ1) is 11.5. The van der Waals surface area contributed by atoms with Crippen LogP contribution in [0.2, 0.25) is 0 Å². The molecule has 1 aromatic carbocycles. The molecule has 4 nitrogen and oxygen atoms in total. The number of carbonyl (C=O) groups excluding carboxylic acids is 1. The van der Waals surface area contributed by atoms with E-state index in [1.165, 1.54) is 0 Å². The Balaban J connectivity index is 1.87. The lowest BCUT2D eigenvalue weighted by atomic mass is 9.86. The molecule has 0 heterocycles. The summed E-state index contributed by atoms with van der Waals surface area (Å²) in [5, 5.41) is 12.4. The lowest BCUT2D eigenvalue weighted by molar-refractivity contribution is -0.123. The van der Waals surface area contributed by atoms with E-state index in [2.05, 4.69) is 36.2 Å². The van der Waals surface area contributed by atoms with Gasteiger partial charge in [0.2, 0.25) is 5.91 Å². The van der Waals surface area contributed by atoms with E-state index in [1.807, 2.05) is 25.2 Å². The third-order valence-electron chi connectivity index (χ3n) is 5.23. The van der Waals surface area contributed by atoms with Gasteiger partial charge < -0.3 is 10.4 Å². The zero-order valence-electron chi connectivity index (χ0n) is 15.2. The van der Waals surface area contributed by atoms with Crippen LogP contribution < -0.4 is 5.32 Å². The van der Waals surface area contributed by atoms with Crippen LogP contribution in [0.1, 0.15) is 51.1 Å². The van der Waals surface area contributed by atoms with Crippen LogP contribution in [0.15, 0.2) is 30.3 Å². The Kier molecular flexibility index (Phi) is 7.25. The van der Waals surface area contributed by atoms with Gasteiger partial charge in [0.25, 0.3) is 0 Å². The number of nitrogens with zero attached hydrogens (tertiary/aromatic N) is 1. The lowest BCUT2D eigenvalue weighted by Gasteiger charge is -2.34. The molecule has 0 aromatic heterocycles. The topological polar surface area (TPSA) is 52.6 Å². The maximum atomic E-state index is 12.5. The van der Waals surface area contributed by atoms with Crippen molar-refractivity contribution in [2.24, 2.45) is 11.8 Å². The molecule has 0 bridgehead atoms. The SMILES string of the molecule is CC(C)C(NC(=O)CN(C)C1CCC(CO)CC1)c1ccccc1. The Morgan fingerprint density at radius 1 is 1.21 bits per heavy atom. The molecule has 0 saturated heterocycles. The Labute approximate surface area is 146 Å². The number of nitrogens with one attached hydrogen (secondary N) is 1. The fraction of sp³-hybridized carbons (Fsp3) is 0.650. The largest absolute Gasteiger partial charge is 0.396 e. The average molecular weight is 332 g/mol. The molecule has 2 N–H and O–H groups in total. The first-order valence-electron chi connectivity index (χ1n) is 9.16. The minimum absolute atomic E-state index is 0.0530. The smallest absolute Gasteiger partial charge is 0.234 e. The zero-order chi connectivity index (χ0) is 17.5. The molecule has 0 aliphatic heterocycles. The van der Waals surface area contributed by atoms with Gasteiger partial charge in [-0.2, -0.15) is 0 Å². The number of hydrogen-bond acceptors (Lipinski definition) is 3. The van der Waals surface area contributed by atoms with Crippen molar-refractivity contribution in [3.05, 3.63) is 35.9 Å². The van der Waals surface area contributed by atoms with Gasteiger partial charge in [-0.25, -0.2) is 0 Å². The fourth-order valence-electron chi connectivity index (χ4n) is 3.64. The van der Waals surface area contributed by atoms with Crippen LogP contribution in [-0.4, -0.2) is 42.2 Å². The summed E-state index contributed by atoms with van der Waals surface area (Å²) in [6.07, 6.45) is 4.26. The third-order valence-corrected chi connectivity index (χ3v) is 5.23. The number of likely N-dealkylation sites (N-methyl/N-ethyl adjacent to an activating group) is 1. The summed E-state index contributed by atoms with van der Waals surface area (Å²) < 4.78 is 0. The predicted octanol–water partition coefficient (Wildman–Crippen LogP) is 2.98. The van der Waals surface area contributed by atoms with Gasteiger partial charge in [0.05, 0.1) is 12.6 Å². The number of aliphatic hydroxyl groups is 1. The van der Waals surface area contributed by atoms with Crippen molar-refractivity contribution in [3.63, 3.8) is 0 Å². The Hall–Kier alpha value is -1.39. The molecule has 1 saturated carbocycles. The van der Waals surface area contributed by atoms with E-state index < -0.39 is 0 Å². The molecule has 24 heavy (non-hydrogen) atoms. The summed E-state index contributed by atoms with van der Waals surface area (Å²) in [5.74, 6) is 0.887. The molecule has 1 amide bonds. The second-order valence-electron chi connectivity index (χ2n) is 7.47. The van der Waals surface area contributed by atoms with Gasteiger partial charge in [0.1, 0.15) is 0 Å². The van der Waals surface area contributed by atoms with Crippen molar-refractivity contribution >= 4 is 5.91 Å².